The highest BCUT2D eigenvalue weighted by atomic mass is 16.2. The Balaban J connectivity index is 2.15. The average molecular weight is 140 g/mol. The normalized spacial score (nSPS) is 26.2. The van der Waals surface area contributed by atoms with Gasteiger partial charge in [0.2, 0.25) is 11.8 Å². The van der Waals surface area contributed by atoms with Crippen molar-refractivity contribution in [1.29, 1.82) is 0 Å². The van der Waals surface area contributed by atoms with Crippen molar-refractivity contribution in [2.24, 2.45) is 0 Å². The minimum atomic E-state index is -0.0394. The van der Waals surface area contributed by atoms with Crippen LogP contribution in [0.15, 0.2) is 0 Å². The maximum Gasteiger partial charge on any atom is 0.244 e. The maximum absolute atomic E-state index is 10.9. The van der Waals surface area contributed by atoms with E-state index in [1.807, 2.05) is 0 Å². The molecule has 2 saturated heterocycles. The minimum absolute atomic E-state index is 0.0394. The van der Waals surface area contributed by atoms with Crippen molar-refractivity contribution in [3.05, 3.63) is 0 Å². The highest BCUT2D eigenvalue weighted by Crippen LogP contribution is 2.19. The van der Waals surface area contributed by atoms with E-state index in [1.165, 1.54) is 5.01 Å². The topological polar surface area (TPSA) is 40.4 Å². The van der Waals surface area contributed by atoms with Crippen LogP contribution < -0.4 is 0 Å². The summed E-state index contributed by atoms with van der Waals surface area (Å²) < 4.78 is 0. The number of hydrogen-bond acceptors (Lipinski definition) is 3. The zero-order valence-electron chi connectivity index (χ0n) is 5.54. The molecular formula is C6H8N2O2. The fraction of sp³-hybridized carbons (Fsp3) is 0.667. The number of rotatable bonds is 1. The molecule has 0 aromatic heterocycles. The number of imide groups is 1. The van der Waals surface area contributed by atoms with Gasteiger partial charge in [-0.15, -0.1) is 0 Å². The molecule has 0 atom stereocenters. The van der Waals surface area contributed by atoms with Gasteiger partial charge in [-0.2, -0.15) is 0 Å². The Bertz CT molecular complexity index is 182. The molecular weight excluding hydrogens is 132 g/mol. The fourth-order valence-electron chi connectivity index (χ4n) is 1.12. The molecule has 2 rings (SSSR count). The van der Waals surface area contributed by atoms with Gasteiger partial charge in [-0.25, -0.2) is 10.0 Å². The molecule has 0 spiro atoms. The van der Waals surface area contributed by atoms with Crippen LogP contribution in [0.5, 0.6) is 0 Å². The highest BCUT2D eigenvalue weighted by molar-refractivity contribution is 6.01. The number of carbonyl (C=O) groups excluding carboxylic acids is 2. The average Bonchev–Trinajstić information content (AvgIpc) is 2.64. The van der Waals surface area contributed by atoms with Gasteiger partial charge in [-0.3, -0.25) is 9.59 Å². The number of hydrazine groups is 1. The van der Waals surface area contributed by atoms with Gasteiger partial charge in [0.15, 0.2) is 0 Å². The van der Waals surface area contributed by atoms with Crippen molar-refractivity contribution in [3.63, 3.8) is 0 Å². The molecule has 2 heterocycles. The molecule has 2 amide bonds. The molecule has 0 aromatic carbocycles. The van der Waals surface area contributed by atoms with Crippen LogP contribution >= 0.6 is 0 Å². The number of carbonyl (C=O) groups is 2. The van der Waals surface area contributed by atoms with Crippen LogP contribution in [-0.4, -0.2) is 34.9 Å². The lowest BCUT2D eigenvalue weighted by molar-refractivity contribution is -0.148. The van der Waals surface area contributed by atoms with Crippen LogP contribution in [0.2, 0.25) is 0 Å². The summed E-state index contributed by atoms with van der Waals surface area (Å²) in [5, 5.41) is 3.04. The zero-order valence-corrected chi connectivity index (χ0v) is 5.54. The molecule has 2 aliphatic heterocycles. The highest BCUT2D eigenvalue weighted by Gasteiger charge is 2.38. The zero-order chi connectivity index (χ0) is 7.14. The summed E-state index contributed by atoms with van der Waals surface area (Å²) in [4.78, 5) is 21.9. The molecule has 4 nitrogen and oxygen atoms in total. The molecule has 0 unspecified atom stereocenters. The van der Waals surface area contributed by atoms with Gasteiger partial charge in [0.05, 0.1) is 0 Å². The Morgan fingerprint density at radius 3 is 1.90 bits per heavy atom. The summed E-state index contributed by atoms with van der Waals surface area (Å²) in [5.74, 6) is -0.0787. The largest absolute Gasteiger partial charge is 0.273 e. The third-order valence-electron chi connectivity index (χ3n) is 1.73. The van der Waals surface area contributed by atoms with E-state index in [4.69, 9.17) is 0 Å². The first kappa shape index (κ1) is 5.85. The first-order valence-corrected chi connectivity index (χ1v) is 3.40. The van der Waals surface area contributed by atoms with E-state index in [9.17, 15) is 9.59 Å². The van der Waals surface area contributed by atoms with Crippen LogP contribution in [0.25, 0.3) is 0 Å². The molecule has 4 heteroatoms. The van der Waals surface area contributed by atoms with Gasteiger partial charge in [0.25, 0.3) is 0 Å². The van der Waals surface area contributed by atoms with Crippen LogP contribution in [0.1, 0.15) is 12.8 Å². The Morgan fingerprint density at radius 2 is 1.50 bits per heavy atom. The van der Waals surface area contributed by atoms with Crippen LogP contribution in [0.3, 0.4) is 0 Å². The molecule has 0 saturated carbocycles. The van der Waals surface area contributed by atoms with Crippen LogP contribution in [-0.2, 0) is 9.59 Å². The standard InChI is InChI=1S/C6H8N2O2/c9-5-1-2-6(10)8(5)7-3-4-7/h1-4H2. The van der Waals surface area contributed by atoms with Crippen molar-refractivity contribution in [2.45, 2.75) is 12.8 Å². The van der Waals surface area contributed by atoms with Crippen molar-refractivity contribution in [3.8, 4) is 0 Å². The smallest absolute Gasteiger partial charge is 0.244 e. The summed E-state index contributed by atoms with van der Waals surface area (Å²) >= 11 is 0. The number of nitrogens with zero attached hydrogens (tertiary/aromatic N) is 2. The minimum Gasteiger partial charge on any atom is -0.273 e. The SMILES string of the molecule is O=C1CCC(=O)N1N1CC1. The van der Waals surface area contributed by atoms with E-state index < -0.39 is 0 Å². The number of hydrogen-bond donors (Lipinski definition) is 0. The predicted molar refractivity (Wildman–Crippen MR) is 32.7 cm³/mol. The van der Waals surface area contributed by atoms with E-state index in [0.29, 0.717) is 12.8 Å². The van der Waals surface area contributed by atoms with Gasteiger partial charge < -0.3 is 0 Å². The van der Waals surface area contributed by atoms with Gasteiger partial charge in [0.1, 0.15) is 0 Å². The molecule has 54 valence electrons. The van der Waals surface area contributed by atoms with E-state index >= 15 is 0 Å². The van der Waals surface area contributed by atoms with Crippen molar-refractivity contribution in [1.82, 2.24) is 10.0 Å². The number of amides is 2. The molecule has 10 heavy (non-hydrogen) atoms. The Kier molecular flexibility index (Phi) is 1.05. The summed E-state index contributed by atoms with van der Waals surface area (Å²) in [6, 6.07) is 0. The van der Waals surface area contributed by atoms with Gasteiger partial charge >= 0.3 is 0 Å². The second-order valence-corrected chi connectivity index (χ2v) is 2.55. The van der Waals surface area contributed by atoms with E-state index in [-0.39, 0.29) is 11.8 Å². The summed E-state index contributed by atoms with van der Waals surface area (Å²) in [5.41, 5.74) is 0. The third-order valence-corrected chi connectivity index (χ3v) is 1.73. The molecule has 0 radical (unpaired) electrons. The lowest BCUT2D eigenvalue weighted by Gasteiger charge is -2.12. The van der Waals surface area contributed by atoms with Crippen LogP contribution in [0.4, 0.5) is 0 Å². The third kappa shape index (κ3) is 0.724. The Labute approximate surface area is 58.4 Å². The first-order valence-electron chi connectivity index (χ1n) is 3.40. The van der Waals surface area contributed by atoms with Crippen molar-refractivity contribution >= 4 is 11.8 Å². The summed E-state index contributed by atoms with van der Waals surface area (Å²) in [6.45, 7) is 1.72. The summed E-state index contributed by atoms with van der Waals surface area (Å²) in [7, 11) is 0. The van der Waals surface area contributed by atoms with Crippen molar-refractivity contribution < 1.29 is 9.59 Å². The molecule has 0 aromatic rings. The molecule has 2 fully saturated rings. The Hall–Kier alpha value is -0.900. The van der Waals surface area contributed by atoms with E-state index in [2.05, 4.69) is 0 Å². The monoisotopic (exact) mass is 140 g/mol. The summed E-state index contributed by atoms with van der Waals surface area (Å²) in [6.07, 6.45) is 0.796. The van der Waals surface area contributed by atoms with E-state index in [1.54, 1.807) is 5.01 Å². The fourth-order valence-corrected chi connectivity index (χ4v) is 1.12. The maximum atomic E-state index is 10.9. The first-order chi connectivity index (χ1) is 4.79. The predicted octanol–water partition coefficient (Wildman–Crippen LogP) is -0.634. The molecule has 0 aliphatic carbocycles. The molecule has 0 N–H and O–H groups in total. The molecule has 2 aliphatic rings. The second kappa shape index (κ2) is 1.79. The van der Waals surface area contributed by atoms with Gasteiger partial charge in [-0.05, 0) is 0 Å². The van der Waals surface area contributed by atoms with E-state index in [0.717, 1.165) is 13.1 Å². The van der Waals surface area contributed by atoms with Crippen LogP contribution in [0, 0.1) is 0 Å². The molecule has 0 bridgehead atoms. The quantitative estimate of drug-likeness (QED) is 0.359. The Morgan fingerprint density at radius 1 is 1.00 bits per heavy atom. The van der Waals surface area contributed by atoms with Crippen molar-refractivity contribution in [2.75, 3.05) is 13.1 Å². The second-order valence-electron chi connectivity index (χ2n) is 2.55. The lowest BCUT2D eigenvalue weighted by atomic mass is 10.4. The van der Waals surface area contributed by atoms with Gasteiger partial charge in [-0.1, -0.05) is 0 Å². The van der Waals surface area contributed by atoms with Gasteiger partial charge in [0, 0.05) is 25.9 Å². The lowest BCUT2D eigenvalue weighted by Crippen LogP contribution is -2.34.